The molecule has 0 radical (unpaired) electrons. The Labute approximate surface area is 111 Å². The number of hydrogen-bond acceptors (Lipinski definition) is 3. The fourth-order valence-corrected chi connectivity index (χ4v) is 1.89. The molecule has 0 heterocycles. The van der Waals surface area contributed by atoms with Gasteiger partial charge < -0.3 is 15.2 Å². The average Bonchev–Trinajstić information content (AvgIpc) is 2.39. The first-order valence-corrected chi connectivity index (χ1v) is 5.96. The number of aryl methyl sites for hydroxylation is 1. The summed E-state index contributed by atoms with van der Waals surface area (Å²) < 4.78 is 18.0. The largest absolute Gasteiger partial charge is 0.504 e. The van der Waals surface area contributed by atoms with Crippen LogP contribution >= 0.6 is 0 Å². The Morgan fingerprint density at radius 2 is 2.05 bits per heavy atom. The van der Waals surface area contributed by atoms with Gasteiger partial charge in [0.25, 0.3) is 0 Å². The van der Waals surface area contributed by atoms with Crippen molar-refractivity contribution in [1.82, 2.24) is 0 Å². The number of halogens is 1. The van der Waals surface area contributed by atoms with Crippen LogP contribution in [-0.4, -0.2) is 12.2 Å². The van der Waals surface area contributed by atoms with E-state index in [1.807, 2.05) is 19.1 Å². The molecule has 0 amide bonds. The molecule has 0 saturated carbocycles. The van der Waals surface area contributed by atoms with E-state index in [1.54, 1.807) is 12.1 Å². The molecule has 3 nitrogen and oxygen atoms in total. The van der Waals surface area contributed by atoms with Gasteiger partial charge in [0.15, 0.2) is 11.5 Å². The Hall–Kier alpha value is -2.23. The molecule has 2 aromatic carbocycles. The summed E-state index contributed by atoms with van der Waals surface area (Å²) in [7, 11) is 1.51. The lowest BCUT2D eigenvalue weighted by atomic mass is 10.1. The standard InChI is InChI=1S/C15H16FNO2/c1-10-8-12(16)6-7-13(10)17-9-11-4-3-5-14(19-2)15(11)18/h3-8,17-18H,9H2,1-2H3. The molecule has 0 saturated heterocycles. The molecule has 19 heavy (non-hydrogen) atoms. The Bertz CT molecular complexity index is 584. The van der Waals surface area contributed by atoms with Gasteiger partial charge in [-0.05, 0) is 36.8 Å². The maximum absolute atomic E-state index is 13.0. The van der Waals surface area contributed by atoms with Gasteiger partial charge >= 0.3 is 0 Å². The van der Waals surface area contributed by atoms with Gasteiger partial charge in [-0.15, -0.1) is 0 Å². The van der Waals surface area contributed by atoms with E-state index in [-0.39, 0.29) is 11.6 Å². The highest BCUT2D eigenvalue weighted by Crippen LogP contribution is 2.30. The van der Waals surface area contributed by atoms with Crippen LogP contribution < -0.4 is 10.1 Å². The predicted octanol–water partition coefficient (Wildman–Crippen LogP) is 3.46. The molecule has 0 bridgehead atoms. The molecule has 0 aliphatic carbocycles. The number of methoxy groups -OCH3 is 1. The summed E-state index contributed by atoms with van der Waals surface area (Å²) >= 11 is 0. The molecular weight excluding hydrogens is 245 g/mol. The summed E-state index contributed by atoms with van der Waals surface area (Å²) in [5, 5.41) is 13.1. The van der Waals surface area contributed by atoms with E-state index < -0.39 is 0 Å². The van der Waals surface area contributed by atoms with E-state index >= 15 is 0 Å². The first kappa shape index (κ1) is 13.2. The lowest BCUT2D eigenvalue weighted by Gasteiger charge is -2.12. The second kappa shape index (κ2) is 5.61. The van der Waals surface area contributed by atoms with Gasteiger partial charge in [0.2, 0.25) is 0 Å². The smallest absolute Gasteiger partial charge is 0.162 e. The van der Waals surface area contributed by atoms with Crippen molar-refractivity contribution < 1.29 is 14.2 Å². The molecule has 0 aliphatic heterocycles. The summed E-state index contributed by atoms with van der Waals surface area (Å²) in [5.41, 5.74) is 2.38. The zero-order valence-electron chi connectivity index (χ0n) is 10.9. The van der Waals surface area contributed by atoms with Crippen molar-refractivity contribution in [1.29, 1.82) is 0 Å². The number of hydrogen-bond donors (Lipinski definition) is 2. The normalized spacial score (nSPS) is 10.3. The van der Waals surface area contributed by atoms with Crippen LogP contribution in [0, 0.1) is 12.7 Å². The highest BCUT2D eigenvalue weighted by molar-refractivity contribution is 5.53. The number of phenols is 1. The predicted molar refractivity (Wildman–Crippen MR) is 73.1 cm³/mol. The van der Waals surface area contributed by atoms with Gasteiger partial charge in [0, 0.05) is 17.8 Å². The van der Waals surface area contributed by atoms with Crippen molar-refractivity contribution >= 4 is 5.69 Å². The van der Waals surface area contributed by atoms with Crippen LogP contribution in [0.25, 0.3) is 0 Å². The first-order valence-electron chi connectivity index (χ1n) is 5.96. The quantitative estimate of drug-likeness (QED) is 0.885. The Balaban J connectivity index is 2.14. The third kappa shape index (κ3) is 2.96. The number of aromatic hydroxyl groups is 1. The first-order chi connectivity index (χ1) is 9.11. The van der Waals surface area contributed by atoms with E-state index in [4.69, 9.17) is 4.74 Å². The van der Waals surface area contributed by atoms with Crippen molar-refractivity contribution in [3.05, 3.63) is 53.3 Å². The summed E-state index contributed by atoms with van der Waals surface area (Å²) in [6, 6.07) is 9.87. The van der Waals surface area contributed by atoms with Gasteiger partial charge in [-0.3, -0.25) is 0 Å². The minimum absolute atomic E-state index is 0.122. The van der Waals surface area contributed by atoms with Crippen molar-refractivity contribution in [2.24, 2.45) is 0 Å². The molecule has 0 fully saturated rings. The van der Waals surface area contributed by atoms with Crippen molar-refractivity contribution in [2.45, 2.75) is 13.5 Å². The zero-order valence-corrected chi connectivity index (χ0v) is 10.9. The van der Waals surface area contributed by atoms with Gasteiger partial charge in [-0.25, -0.2) is 4.39 Å². The molecular formula is C15H16FNO2. The van der Waals surface area contributed by atoms with Crippen LogP contribution in [0.4, 0.5) is 10.1 Å². The van der Waals surface area contributed by atoms with Crippen molar-refractivity contribution in [3.63, 3.8) is 0 Å². The van der Waals surface area contributed by atoms with Crippen LogP contribution in [0.3, 0.4) is 0 Å². The van der Waals surface area contributed by atoms with Crippen molar-refractivity contribution in [2.75, 3.05) is 12.4 Å². The molecule has 2 rings (SSSR count). The molecule has 2 aromatic rings. The van der Waals surface area contributed by atoms with E-state index in [2.05, 4.69) is 5.32 Å². The number of anilines is 1. The number of ether oxygens (including phenoxy) is 1. The van der Waals surface area contributed by atoms with Gasteiger partial charge in [-0.1, -0.05) is 12.1 Å². The van der Waals surface area contributed by atoms with E-state index in [1.165, 1.54) is 19.2 Å². The molecule has 0 spiro atoms. The van der Waals surface area contributed by atoms with Crippen LogP contribution in [0.2, 0.25) is 0 Å². The van der Waals surface area contributed by atoms with E-state index in [9.17, 15) is 9.50 Å². The highest BCUT2D eigenvalue weighted by atomic mass is 19.1. The Kier molecular flexibility index (Phi) is 3.90. The van der Waals surface area contributed by atoms with Crippen LogP contribution in [0.1, 0.15) is 11.1 Å². The monoisotopic (exact) mass is 261 g/mol. The minimum Gasteiger partial charge on any atom is -0.504 e. The second-order valence-corrected chi connectivity index (χ2v) is 4.28. The molecule has 0 aromatic heterocycles. The SMILES string of the molecule is COc1cccc(CNc2ccc(F)cc2C)c1O. The molecule has 4 heteroatoms. The number of benzene rings is 2. The van der Waals surface area contributed by atoms with Crippen LogP contribution in [-0.2, 0) is 6.54 Å². The molecule has 100 valence electrons. The topological polar surface area (TPSA) is 41.5 Å². The Morgan fingerprint density at radius 3 is 2.74 bits per heavy atom. The highest BCUT2D eigenvalue weighted by Gasteiger charge is 2.07. The molecule has 2 N–H and O–H groups in total. The summed E-state index contributed by atoms with van der Waals surface area (Å²) in [5.74, 6) is 0.305. The van der Waals surface area contributed by atoms with E-state index in [0.717, 1.165) is 16.8 Å². The van der Waals surface area contributed by atoms with Crippen LogP contribution in [0.5, 0.6) is 11.5 Å². The summed E-state index contributed by atoms with van der Waals surface area (Å²) in [6.45, 7) is 2.27. The van der Waals surface area contributed by atoms with Crippen LogP contribution in [0.15, 0.2) is 36.4 Å². The molecule has 0 atom stereocenters. The molecule has 0 unspecified atom stereocenters. The Morgan fingerprint density at radius 1 is 1.26 bits per heavy atom. The number of rotatable bonds is 4. The fraction of sp³-hybridized carbons (Fsp3) is 0.200. The average molecular weight is 261 g/mol. The number of nitrogens with one attached hydrogen (secondary N) is 1. The van der Waals surface area contributed by atoms with Gasteiger partial charge in [0.1, 0.15) is 5.82 Å². The molecule has 0 aliphatic rings. The number of phenolic OH excluding ortho intramolecular Hbond substituents is 1. The van der Waals surface area contributed by atoms with Crippen molar-refractivity contribution in [3.8, 4) is 11.5 Å². The fourth-order valence-electron chi connectivity index (χ4n) is 1.89. The minimum atomic E-state index is -0.257. The van der Waals surface area contributed by atoms with E-state index in [0.29, 0.717) is 12.3 Å². The lowest BCUT2D eigenvalue weighted by molar-refractivity contribution is 0.371. The second-order valence-electron chi connectivity index (χ2n) is 4.28. The van der Waals surface area contributed by atoms with Gasteiger partial charge in [0.05, 0.1) is 7.11 Å². The summed E-state index contributed by atoms with van der Waals surface area (Å²) in [4.78, 5) is 0. The third-order valence-electron chi connectivity index (χ3n) is 2.96. The summed E-state index contributed by atoms with van der Waals surface area (Å²) in [6.07, 6.45) is 0. The zero-order chi connectivity index (χ0) is 13.8. The maximum atomic E-state index is 13.0. The maximum Gasteiger partial charge on any atom is 0.162 e. The number of para-hydroxylation sites is 1. The van der Waals surface area contributed by atoms with Gasteiger partial charge in [-0.2, -0.15) is 0 Å². The third-order valence-corrected chi connectivity index (χ3v) is 2.96. The lowest BCUT2D eigenvalue weighted by Crippen LogP contribution is -2.02.